The highest BCUT2D eigenvalue weighted by atomic mass is 19.1. The summed E-state index contributed by atoms with van der Waals surface area (Å²) in [6, 6.07) is 21.6. The van der Waals surface area contributed by atoms with Crippen LogP contribution in [0.1, 0.15) is 11.1 Å². The van der Waals surface area contributed by atoms with E-state index >= 15 is 0 Å². The number of carboxylic acids is 1. The fraction of sp³-hybridized carbons (Fsp3) is 0.0870. The molecule has 0 saturated heterocycles. The van der Waals surface area contributed by atoms with Crippen LogP contribution in [0, 0.1) is 5.82 Å². The highest BCUT2D eigenvalue weighted by Gasteiger charge is 2.19. The fourth-order valence-electron chi connectivity index (χ4n) is 3.32. The number of para-hydroxylation sites is 1. The van der Waals surface area contributed by atoms with Gasteiger partial charge in [-0.05, 0) is 41.5 Å². The summed E-state index contributed by atoms with van der Waals surface area (Å²) in [6.45, 7) is 0.390. The van der Waals surface area contributed by atoms with Gasteiger partial charge in [-0.25, -0.2) is 4.39 Å². The number of carbonyl (C=O) groups is 1. The quantitative estimate of drug-likeness (QED) is 0.488. The number of aliphatic carboxylic acids is 1. The molecule has 0 aliphatic carbocycles. The zero-order chi connectivity index (χ0) is 19.5. The normalized spacial score (nSPS) is 10.9. The molecule has 0 amide bonds. The number of rotatable bonds is 6. The molecular formula is C23H18FNO3. The second-order valence-electron chi connectivity index (χ2n) is 6.51. The van der Waals surface area contributed by atoms with E-state index in [0.29, 0.717) is 34.5 Å². The average molecular weight is 375 g/mol. The Labute approximate surface area is 161 Å². The van der Waals surface area contributed by atoms with E-state index in [9.17, 15) is 14.3 Å². The Hall–Kier alpha value is -3.60. The van der Waals surface area contributed by atoms with Crippen LogP contribution in [0.5, 0.6) is 5.75 Å². The topological polar surface area (TPSA) is 62.3 Å². The predicted octanol–water partition coefficient (Wildman–Crippen LogP) is 5.18. The van der Waals surface area contributed by atoms with Crippen LogP contribution in [-0.2, 0) is 17.8 Å². The lowest BCUT2D eigenvalue weighted by molar-refractivity contribution is -0.136. The number of nitrogens with one attached hydrogen (secondary N) is 1. The zero-order valence-electron chi connectivity index (χ0n) is 15.0. The van der Waals surface area contributed by atoms with Crippen molar-refractivity contribution in [3.8, 4) is 17.0 Å². The Morgan fingerprint density at radius 3 is 2.54 bits per heavy atom. The lowest BCUT2D eigenvalue weighted by atomic mass is 10.0. The third-order valence-electron chi connectivity index (χ3n) is 4.59. The average Bonchev–Trinajstić information content (AvgIpc) is 3.04. The molecule has 0 fully saturated rings. The van der Waals surface area contributed by atoms with Crippen LogP contribution in [-0.4, -0.2) is 16.1 Å². The summed E-state index contributed by atoms with van der Waals surface area (Å²) in [4.78, 5) is 14.7. The smallest absolute Gasteiger partial charge is 0.307 e. The van der Waals surface area contributed by atoms with E-state index in [-0.39, 0.29) is 6.42 Å². The molecule has 3 aromatic carbocycles. The summed E-state index contributed by atoms with van der Waals surface area (Å²) in [5, 5.41) is 9.93. The summed E-state index contributed by atoms with van der Waals surface area (Å²) < 4.78 is 19.8. The van der Waals surface area contributed by atoms with Crippen LogP contribution in [0.25, 0.3) is 22.2 Å². The minimum absolute atomic E-state index is 0.216. The third kappa shape index (κ3) is 3.60. The SMILES string of the molecule is O=C(O)Cc1c(-c2ccccc2OCc2ccccc2)[nH]c2ccc(F)cc12. The lowest BCUT2D eigenvalue weighted by Gasteiger charge is -2.12. The number of benzene rings is 3. The fourth-order valence-corrected chi connectivity index (χ4v) is 3.32. The maximum absolute atomic E-state index is 13.8. The molecule has 0 aliphatic heterocycles. The van der Waals surface area contributed by atoms with Gasteiger partial charge in [0.15, 0.2) is 0 Å². The van der Waals surface area contributed by atoms with E-state index in [1.807, 2.05) is 54.6 Å². The number of ether oxygens (including phenoxy) is 1. The highest BCUT2D eigenvalue weighted by molar-refractivity contribution is 5.94. The molecule has 5 heteroatoms. The molecule has 0 unspecified atom stereocenters. The van der Waals surface area contributed by atoms with Gasteiger partial charge in [-0.1, -0.05) is 42.5 Å². The van der Waals surface area contributed by atoms with Crippen molar-refractivity contribution in [1.82, 2.24) is 4.98 Å². The molecule has 2 N–H and O–H groups in total. The molecule has 28 heavy (non-hydrogen) atoms. The van der Waals surface area contributed by atoms with Gasteiger partial charge in [0.2, 0.25) is 0 Å². The van der Waals surface area contributed by atoms with Crippen molar-refractivity contribution in [3.05, 3.63) is 89.7 Å². The molecule has 1 aromatic heterocycles. The van der Waals surface area contributed by atoms with Crippen LogP contribution in [0.2, 0.25) is 0 Å². The molecule has 4 nitrogen and oxygen atoms in total. The third-order valence-corrected chi connectivity index (χ3v) is 4.59. The maximum Gasteiger partial charge on any atom is 0.307 e. The van der Waals surface area contributed by atoms with Gasteiger partial charge in [0.1, 0.15) is 18.2 Å². The number of hydrogen-bond acceptors (Lipinski definition) is 2. The second kappa shape index (κ2) is 7.56. The Kier molecular flexibility index (Phi) is 4.81. The number of fused-ring (bicyclic) bond motifs is 1. The number of halogens is 1. The summed E-state index contributed by atoms with van der Waals surface area (Å²) >= 11 is 0. The minimum atomic E-state index is -0.978. The van der Waals surface area contributed by atoms with Crippen LogP contribution in [0.4, 0.5) is 4.39 Å². The van der Waals surface area contributed by atoms with Crippen molar-refractivity contribution in [2.45, 2.75) is 13.0 Å². The number of H-pyrrole nitrogens is 1. The van der Waals surface area contributed by atoms with Gasteiger partial charge in [0.05, 0.1) is 12.1 Å². The van der Waals surface area contributed by atoms with Gasteiger partial charge in [-0.3, -0.25) is 4.79 Å². The molecular weight excluding hydrogens is 357 g/mol. The largest absolute Gasteiger partial charge is 0.488 e. The first-order valence-corrected chi connectivity index (χ1v) is 8.90. The minimum Gasteiger partial charge on any atom is -0.488 e. The van der Waals surface area contributed by atoms with Gasteiger partial charge in [0, 0.05) is 16.5 Å². The number of aromatic amines is 1. The van der Waals surface area contributed by atoms with Crippen LogP contribution >= 0.6 is 0 Å². The first kappa shape index (κ1) is 17.8. The predicted molar refractivity (Wildman–Crippen MR) is 106 cm³/mol. The molecule has 4 aromatic rings. The molecule has 140 valence electrons. The first-order chi connectivity index (χ1) is 13.6. The Morgan fingerprint density at radius 1 is 1.00 bits per heavy atom. The summed E-state index contributed by atoms with van der Waals surface area (Å²) in [5.41, 5.74) is 3.63. The standard InChI is InChI=1S/C23H18FNO3/c24-16-10-11-20-18(12-16)19(13-22(26)27)23(25-20)17-8-4-5-9-21(17)28-14-15-6-2-1-3-7-15/h1-12,25H,13-14H2,(H,26,27). The van der Waals surface area contributed by atoms with Crippen molar-refractivity contribution < 1.29 is 19.0 Å². The van der Waals surface area contributed by atoms with Crippen molar-refractivity contribution >= 4 is 16.9 Å². The van der Waals surface area contributed by atoms with Crippen LogP contribution < -0.4 is 4.74 Å². The molecule has 0 aliphatic rings. The molecule has 4 rings (SSSR count). The van der Waals surface area contributed by atoms with Gasteiger partial charge >= 0.3 is 5.97 Å². The monoisotopic (exact) mass is 375 g/mol. The molecule has 0 saturated carbocycles. The maximum atomic E-state index is 13.8. The van der Waals surface area contributed by atoms with E-state index in [2.05, 4.69) is 4.98 Å². The lowest BCUT2D eigenvalue weighted by Crippen LogP contribution is -2.02. The highest BCUT2D eigenvalue weighted by Crippen LogP contribution is 2.36. The van der Waals surface area contributed by atoms with Crippen LogP contribution in [0.15, 0.2) is 72.8 Å². The summed E-state index contributed by atoms with van der Waals surface area (Å²) in [7, 11) is 0. The Balaban J connectivity index is 1.78. The van der Waals surface area contributed by atoms with Gasteiger partial charge in [0.25, 0.3) is 0 Å². The molecule has 0 atom stereocenters. The van der Waals surface area contributed by atoms with Gasteiger partial charge in [-0.2, -0.15) is 0 Å². The van der Waals surface area contributed by atoms with E-state index in [1.165, 1.54) is 12.1 Å². The number of hydrogen-bond donors (Lipinski definition) is 2. The van der Waals surface area contributed by atoms with Crippen LogP contribution in [0.3, 0.4) is 0 Å². The molecule has 0 bridgehead atoms. The van der Waals surface area contributed by atoms with Crippen molar-refractivity contribution in [1.29, 1.82) is 0 Å². The molecule has 1 heterocycles. The zero-order valence-corrected chi connectivity index (χ0v) is 15.0. The van der Waals surface area contributed by atoms with E-state index in [1.54, 1.807) is 6.07 Å². The Morgan fingerprint density at radius 2 is 1.75 bits per heavy atom. The first-order valence-electron chi connectivity index (χ1n) is 8.90. The van der Waals surface area contributed by atoms with E-state index < -0.39 is 11.8 Å². The van der Waals surface area contributed by atoms with Crippen molar-refractivity contribution in [2.75, 3.05) is 0 Å². The summed E-state index contributed by atoms with van der Waals surface area (Å²) in [6.07, 6.45) is -0.216. The van der Waals surface area contributed by atoms with Gasteiger partial charge < -0.3 is 14.8 Å². The van der Waals surface area contributed by atoms with Crippen molar-refractivity contribution in [3.63, 3.8) is 0 Å². The second-order valence-corrected chi connectivity index (χ2v) is 6.51. The van der Waals surface area contributed by atoms with Gasteiger partial charge in [-0.15, -0.1) is 0 Å². The summed E-state index contributed by atoms with van der Waals surface area (Å²) in [5.74, 6) is -0.752. The Bertz CT molecular complexity index is 1140. The van der Waals surface area contributed by atoms with E-state index in [0.717, 1.165) is 11.1 Å². The number of carboxylic acid groups (broad SMARTS) is 1. The number of aromatic nitrogens is 1. The molecule has 0 spiro atoms. The van der Waals surface area contributed by atoms with E-state index in [4.69, 9.17) is 4.74 Å². The molecule has 0 radical (unpaired) electrons. The van der Waals surface area contributed by atoms with Crippen molar-refractivity contribution in [2.24, 2.45) is 0 Å².